The summed E-state index contributed by atoms with van der Waals surface area (Å²) in [6.45, 7) is 6.79. The first-order valence-corrected chi connectivity index (χ1v) is 8.75. The fraction of sp³-hybridized carbons (Fsp3) is 0.474. The quantitative estimate of drug-likeness (QED) is 0.904. The van der Waals surface area contributed by atoms with Crippen LogP contribution in [0.2, 0.25) is 0 Å². The fourth-order valence-corrected chi connectivity index (χ4v) is 3.05. The van der Waals surface area contributed by atoms with Crippen LogP contribution >= 0.6 is 0 Å². The van der Waals surface area contributed by atoms with Crippen LogP contribution in [-0.2, 0) is 18.4 Å². The minimum absolute atomic E-state index is 0.0471. The molecule has 1 aromatic heterocycles. The molecular weight excluding hydrogens is 316 g/mol. The summed E-state index contributed by atoms with van der Waals surface area (Å²) in [4.78, 5) is 19.4. The molecular formula is C19H26N4O2. The SMILES string of the molecule is CC(C)OCc1ccc(C(=O)N2CCNCC2c2nccn2C)cc1. The van der Waals surface area contributed by atoms with Crippen LogP contribution in [0.25, 0.3) is 0 Å². The molecule has 1 aromatic carbocycles. The van der Waals surface area contributed by atoms with Crippen LogP contribution in [0.3, 0.4) is 0 Å². The summed E-state index contributed by atoms with van der Waals surface area (Å²) in [5.74, 6) is 0.952. The number of ether oxygens (including phenoxy) is 1. The van der Waals surface area contributed by atoms with Gasteiger partial charge in [0.2, 0.25) is 0 Å². The van der Waals surface area contributed by atoms with E-state index < -0.39 is 0 Å². The Morgan fingerprint density at radius 3 is 2.76 bits per heavy atom. The minimum Gasteiger partial charge on any atom is -0.374 e. The molecule has 1 saturated heterocycles. The highest BCUT2D eigenvalue weighted by atomic mass is 16.5. The van der Waals surface area contributed by atoms with Gasteiger partial charge in [0.25, 0.3) is 5.91 Å². The normalized spacial score (nSPS) is 17.9. The molecule has 2 aromatic rings. The predicted octanol–water partition coefficient (Wildman–Crippen LogP) is 2.13. The van der Waals surface area contributed by atoms with Crippen molar-refractivity contribution in [1.29, 1.82) is 0 Å². The van der Waals surface area contributed by atoms with E-state index in [-0.39, 0.29) is 18.1 Å². The lowest BCUT2D eigenvalue weighted by molar-refractivity contribution is 0.0617. The molecule has 1 atom stereocenters. The highest BCUT2D eigenvalue weighted by Gasteiger charge is 2.30. The van der Waals surface area contributed by atoms with Crippen LogP contribution < -0.4 is 5.32 Å². The number of carbonyl (C=O) groups excluding carboxylic acids is 1. The van der Waals surface area contributed by atoms with Crippen molar-refractivity contribution >= 4 is 5.91 Å². The third-order valence-corrected chi connectivity index (χ3v) is 4.44. The van der Waals surface area contributed by atoms with E-state index in [1.54, 1.807) is 6.20 Å². The van der Waals surface area contributed by atoms with E-state index in [4.69, 9.17) is 4.74 Å². The summed E-state index contributed by atoms with van der Waals surface area (Å²) in [6, 6.07) is 7.66. The largest absolute Gasteiger partial charge is 0.374 e. The maximum Gasteiger partial charge on any atom is 0.254 e. The lowest BCUT2D eigenvalue weighted by Crippen LogP contribution is -2.49. The average Bonchev–Trinajstić information content (AvgIpc) is 3.05. The first-order chi connectivity index (χ1) is 12.1. The van der Waals surface area contributed by atoms with Gasteiger partial charge >= 0.3 is 0 Å². The van der Waals surface area contributed by atoms with Crippen LogP contribution in [0.1, 0.15) is 41.6 Å². The summed E-state index contributed by atoms with van der Waals surface area (Å²) in [7, 11) is 1.96. The number of benzene rings is 1. The van der Waals surface area contributed by atoms with Gasteiger partial charge in [0.1, 0.15) is 11.9 Å². The Labute approximate surface area is 148 Å². The molecule has 0 aliphatic carbocycles. The number of aryl methyl sites for hydroxylation is 1. The van der Waals surface area contributed by atoms with E-state index in [0.717, 1.165) is 24.5 Å². The smallest absolute Gasteiger partial charge is 0.254 e. The monoisotopic (exact) mass is 342 g/mol. The van der Waals surface area contributed by atoms with Crippen LogP contribution in [-0.4, -0.2) is 46.1 Å². The molecule has 0 saturated carbocycles. The summed E-state index contributed by atoms with van der Waals surface area (Å²) >= 11 is 0. The van der Waals surface area contributed by atoms with Gasteiger partial charge in [-0.3, -0.25) is 4.79 Å². The summed E-state index contributed by atoms with van der Waals surface area (Å²) < 4.78 is 7.59. The van der Waals surface area contributed by atoms with Crippen molar-refractivity contribution in [2.75, 3.05) is 19.6 Å². The number of hydrogen-bond donors (Lipinski definition) is 1. The van der Waals surface area contributed by atoms with E-state index in [1.807, 2.05) is 60.8 Å². The molecule has 1 amide bonds. The lowest BCUT2D eigenvalue weighted by atomic mass is 10.1. The Hall–Kier alpha value is -2.18. The van der Waals surface area contributed by atoms with Gasteiger partial charge in [-0.15, -0.1) is 0 Å². The van der Waals surface area contributed by atoms with E-state index >= 15 is 0 Å². The Bertz CT molecular complexity index is 708. The van der Waals surface area contributed by atoms with Gasteiger partial charge in [0.15, 0.2) is 0 Å². The number of nitrogens with zero attached hydrogens (tertiary/aromatic N) is 3. The number of carbonyl (C=O) groups is 1. The molecule has 1 aliphatic heterocycles. The molecule has 0 spiro atoms. The first kappa shape index (κ1) is 17.6. The van der Waals surface area contributed by atoms with E-state index in [2.05, 4.69) is 10.3 Å². The van der Waals surface area contributed by atoms with Crippen molar-refractivity contribution in [3.63, 3.8) is 0 Å². The maximum atomic E-state index is 13.0. The summed E-state index contributed by atoms with van der Waals surface area (Å²) in [5.41, 5.74) is 1.78. The number of nitrogens with one attached hydrogen (secondary N) is 1. The third-order valence-electron chi connectivity index (χ3n) is 4.44. The zero-order chi connectivity index (χ0) is 17.8. The van der Waals surface area contributed by atoms with E-state index in [1.165, 1.54) is 0 Å². The highest BCUT2D eigenvalue weighted by Crippen LogP contribution is 2.23. The Balaban J connectivity index is 1.75. The molecule has 2 heterocycles. The van der Waals surface area contributed by atoms with Crippen LogP contribution in [0, 0.1) is 0 Å². The Morgan fingerprint density at radius 1 is 1.36 bits per heavy atom. The first-order valence-electron chi connectivity index (χ1n) is 8.75. The van der Waals surface area contributed by atoms with E-state index in [0.29, 0.717) is 18.7 Å². The molecule has 1 aliphatic rings. The van der Waals surface area contributed by atoms with Gasteiger partial charge in [-0.1, -0.05) is 12.1 Å². The molecule has 134 valence electrons. The van der Waals surface area contributed by atoms with Crippen LogP contribution in [0.15, 0.2) is 36.7 Å². The van der Waals surface area contributed by atoms with Gasteiger partial charge < -0.3 is 19.5 Å². The number of hydrogen-bond acceptors (Lipinski definition) is 4. The molecule has 0 radical (unpaired) electrons. The van der Waals surface area contributed by atoms with Crippen molar-refractivity contribution in [3.05, 3.63) is 53.6 Å². The molecule has 1 N–H and O–H groups in total. The van der Waals surface area contributed by atoms with Crippen molar-refractivity contribution in [1.82, 2.24) is 19.8 Å². The number of imidazole rings is 1. The number of amides is 1. The minimum atomic E-state index is -0.0507. The maximum absolute atomic E-state index is 13.0. The highest BCUT2D eigenvalue weighted by molar-refractivity contribution is 5.94. The Kier molecular flexibility index (Phi) is 5.50. The molecule has 6 nitrogen and oxygen atoms in total. The standard InChI is InChI=1S/C19H26N4O2/c1-14(2)25-13-15-4-6-16(7-5-15)19(24)23-11-8-20-12-17(23)18-21-9-10-22(18)3/h4-7,9-10,14,17,20H,8,11-13H2,1-3H3. The number of rotatable bonds is 5. The van der Waals surface area contributed by atoms with Gasteiger partial charge in [-0.2, -0.15) is 0 Å². The summed E-state index contributed by atoms with van der Waals surface area (Å²) in [6.07, 6.45) is 3.88. The van der Waals surface area contributed by atoms with Gasteiger partial charge in [0, 0.05) is 44.6 Å². The topological polar surface area (TPSA) is 59.4 Å². The molecule has 6 heteroatoms. The second-order valence-electron chi connectivity index (χ2n) is 6.67. The van der Waals surface area contributed by atoms with E-state index in [9.17, 15) is 4.79 Å². The third kappa shape index (κ3) is 4.08. The summed E-state index contributed by atoms with van der Waals surface area (Å²) in [5, 5.41) is 3.36. The second-order valence-corrected chi connectivity index (χ2v) is 6.67. The number of aromatic nitrogens is 2. The molecule has 1 fully saturated rings. The van der Waals surface area contributed by atoms with Crippen LogP contribution in [0.5, 0.6) is 0 Å². The molecule has 0 bridgehead atoms. The van der Waals surface area contributed by atoms with Crippen molar-refractivity contribution in [3.8, 4) is 0 Å². The van der Waals surface area contributed by atoms with Gasteiger partial charge in [-0.05, 0) is 31.5 Å². The lowest BCUT2D eigenvalue weighted by Gasteiger charge is -2.35. The molecule has 25 heavy (non-hydrogen) atoms. The second kappa shape index (κ2) is 7.80. The predicted molar refractivity (Wildman–Crippen MR) is 96.2 cm³/mol. The van der Waals surface area contributed by atoms with Crippen LogP contribution in [0.4, 0.5) is 0 Å². The Morgan fingerprint density at radius 2 is 2.12 bits per heavy atom. The van der Waals surface area contributed by atoms with Crippen molar-refractivity contribution < 1.29 is 9.53 Å². The van der Waals surface area contributed by atoms with Crippen molar-refractivity contribution in [2.24, 2.45) is 7.05 Å². The van der Waals surface area contributed by atoms with Gasteiger partial charge in [0.05, 0.1) is 12.7 Å². The average molecular weight is 342 g/mol. The van der Waals surface area contributed by atoms with Crippen molar-refractivity contribution in [2.45, 2.75) is 32.6 Å². The molecule has 3 rings (SSSR count). The fourth-order valence-electron chi connectivity index (χ4n) is 3.05. The zero-order valence-corrected chi connectivity index (χ0v) is 15.1. The molecule has 1 unspecified atom stereocenters. The zero-order valence-electron chi connectivity index (χ0n) is 15.1. The van der Waals surface area contributed by atoms with Gasteiger partial charge in [-0.25, -0.2) is 4.98 Å². The number of piperazine rings is 1.